The number of aromatic nitrogens is 2. The van der Waals surface area contributed by atoms with Crippen LogP contribution in [0.2, 0.25) is 0 Å². The fourth-order valence-corrected chi connectivity index (χ4v) is 1.28. The summed E-state index contributed by atoms with van der Waals surface area (Å²) in [6.45, 7) is 3.48. The largest absolute Gasteiger partial charge is 0.361 e. The van der Waals surface area contributed by atoms with Gasteiger partial charge in [-0.2, -0.15) is 4.68 Å². The summed E-state index contributed by atoms with van der Waals surface area (Å²) in [6.07, 6.45) is 0. The Kier molecular flexibility index (Phi) is 1.87. The van der Waals surface area contributed by atoms with E-state index >= 15 is 0 Å². The average Bonchev–Trinajstić information content (AvgIpc) is 2.16. The zero-order valence-electron chi connectivity index (χ0n) is 7.66. The van der Waals surface area contributed by atoms with Crippen molar-refractivity contribution >= 4 is 5.69 Å². The summed E-state index contributed by atoms with van der Waals surface area (Å²) < 4.78 is 3.51. The molecule has 5 heteroatoms. The number of nitro groups is 1. The first-order chi connectivity index (χ1) is 5.46. The highest BCUT2D eigenvalue weighted by Gasteiger charge is 2.29. The van der Waals surface area contributed by atoms with Crippen LogP contribution in [0.5, 0.6) is 0 Å². The predicted molar refractivity (Wildman–Crippen MR) is 42.7 cm³/mol. The molecule has 0 spiro atoms. The van der Waals surface area contributed by atoms with E-state index < -0.39 is 0 Å². The summed E-state index contributed by atoms with van der Waals surface area (Å²) in [6, 6.07) is 0. The van der Waals surface area contributed by atoms with Gasteiger partial charge in [-0.25, -0.2) is 0 Å². The Morgan fingerprint density at radius 3 is 2.17 bits per heavy atom. The third kappa shape index (κ3) is 0.975. The third-order valence-corrected chi connectivity index (χ3v) is 2.29. The van der Waals surface area contributed by atoms with Gasteiger partial charge in [0.2, 0.25) is 0 Å². The monoisotopic (exact) mass is 170 g/mol. The van der Waals surface area contributed by atoms with Crippen molar-refractivity contribution in [1.29, 1.82) is 0 Å². The maximum absolute atomic E-state index is 10.6. The van der Waals surface area contributed by atoms with Gasteiger partial charge in [0.05, 0.1) is 12.0 Å². The van der Waals surface area contributed by atoms with Crippen LogP contribution < -0.4 is 4.68 Å². The molecular formula is C7H12N3O2+. The SMILES string of the molecule is Cc1c([N+](=O)[O-])c(C)[n+](C)n1C. The normalized spacial score (nSPS) is 10.3. The predicted octanol–water partition coefficient (Wildman–Crippen LogP) is 0.375. The molecule has 66 valence electrons. The molecule has 0 saturated carbocycles. The van der Waals surface area contributed by atoms with E-state index in [4.69, 9.17) is 0 Å². The first-order valence-corrected chi connectivity index (χ1v) is 3.63. The van der Waals surface area contributed by atoms with Gasteiger partial charge >= 0.3 is 5.69 Å². The van der Waals surface area contributed by atoms with Gasteiger partial charge in [-0.15, -0.1) is 4.68 Å². The van der Waals surface area contributed by atoms with Crippen LogP contribution in [0.25, 0.3) is 0 Å². The third-order valence-electron chi connectivity index (χ3n) is 2.29. The van der Waals surface area contributed by atoms with Crippen LogP contribution in [0, 0.1) is 24.0 Å². The lowest BCUT2D eigenvalue weighted by atomic mass is 10.3. The smallest absolute Gasteiger partial charge is 0.258 e. The number of nitrogens with zero attached hydrogens (tertiary/aromatic N) is 3. The highest BCUT2D eigenvalue weighted by atomic mass is 16.6. The average molecular weight is 170 g/mol. The fourth-order valence-electron chi connectivity index (χ4n) is 1.28. The molecular weight excluding hydrogens is 158 g/mol. The molecule has 0 bridgehead atoms. The summed E-state index contributed by atoms with van der Waals surface area (Å²) in [7, 11) is 3.60. The molecule has 0 atom stereocenters. The topological polar surface area (TPSA) is 52.0 Å². The summed E-state index contributed by atoms with van der Waals surface area (Å²) in [5.41, 5.74) is 1.57. The van der Waals surface area contributed by atoms with Crippen molar-refractivity contribution in [2.75, 3.05) is 0 Å². The molecule has 0 unspecified atom stereocenters. The Balaban J connectivity index is 3.48. The molecule has 0 saturated heterocycles. The van der Waals surface area contributed by atoms with Gasteiger partial charge in [-0.3, -0.25) is 10.1 Å². The minimum absolute atomic E-state index is 0.208. The maximum Gasteiger partial charge on any atom is 0.361 e. The Hall–Kier alpha value is -1.39. The lowest BCUT2D eigenvalue weighted by Crippen LogP contribution is -2.39. The lowest BCUT2D eigenvalue weighted by molar-refractivity contribution is -0.757. The molecule has 0 aliphatic rings. The van der Waals surface area contributed by atoms with Gasteiger partial charge in [0.1, 0.15) is 0 Å². The van der Waals surface area contributed by atoms with Crippen LogP contribution in [0.3, 0.4) is 0 Å². The highest BCUT2D eigenvalue weighted by Crippen LogP contribution is 2.18. The second kappa shape index (κ2) is 2.58. The van der Waals surface area contributed by atoms with Crippen molar-refractivity contribution in [1.82, 2.24) is 4.68 Å². The second-order valence-corrected chi connectivity index (χ2v) is 2.82. The molecule has 1 rings (SSSR count). The Bertz CT molecular complexity index is 315. The van der Waals surface area contributed by atoms with E-state index in [1.807, 2.05) is 0 Å². The van der Waals surface area contributed by atoms with Crippen molar-refractivity contribution < 1.29 is 9.61 Å². The van der Waals surface area contributed by atoms with Crippen molar-refractivity contribution in [2.24, 2.45) is 14.1 Å². The van der Waals surface area contributed by atoms with Crippen LogP contribution in [-0.4, -0.2) is 9.61 Å². The van der Waals surface area contributed by atoms with Crippen molar-refractivity contribution in [2.45, 2.75) is 13.8 Å². The zero-order valence-corrected chi connectivity index (χ0v) is 7.66. The first kappa shape index (κ1) is 8.70. The van der Waals surface area contributed by atoms with E-state index in [9.17, 15) is 10.1 Å². The van der Waals surface area contributed by atoms with E-state index in [-0.39, 0.29) is 10.6 Å². The Morgan fingerprint density at radius 1 is 1.50 bits per heavy atom. The van der Waals surface area contributed by atoms with Crippen molar-refractivity contribution in [3.8, 4) is 0 Å². The van der Waals surface area contributed by atoms with Gasteiger partial charge in [0, 0.05) is 6.92 Å². The van der Waals surface area contributed by atoms with Crippen LogP contribution in [0.15, 0.2) is 0 Å². The summed E-state index contributed by atoms with van der Waals surface area (Å²) in [4.78, 5) is 10.2. The molecule has 0 radical (unpaired) electrons. The Labute approximate surface area is 70.4 Å². The molecule has 0 amide bonds. The van der Waals surface area contributed by atoms with Gasteiger partial charge in [-0.05, 0) is 6.92 Å². The summed E-state index contributed by atoms with van der Waals surface area (Å²) in [5, 5.41) is 10.6. The van der Waals surface area contributed by atoms with Crippen LogP contribution >= 0.6 is 0 Å². The second-order valence-electron chi connectivity index (χ2n) is 2.82. The van der Waals surface area contributed by atoms with Gasteiger partial charge in [-0.1, -0.05) is 0 Å². The minimum atomic E-state index is -0.343. The molecule has 0 aromatic carbocycles. The minimum Gasteiger partial charge on any atom is -0.258 e. The molecule has 0 aliphatic heterocycles. The maximum atomic E-state index is 10.6. The molecule has 12 heavy (non-hydrogen) atoms. The van der Waals surface area contributed by atoms with Gasteiger partial charge in [0.25, 0.3) is 5.69 Å². The fraction of sp³-hybridized carbons (Fsp3) is 0.571. The van der Waals surface area contributed by atoms with E-state index in [0.717, 1.165) is 0 Å². The summed E-state index contributed by atoms with van der Waals surface area (Å²) in [5.74, 6) is 0. The van der Waals surface area contributed by atoms with E-state index in [2.05, 4.69) is 0 Å². The number of hydrogen-bond donors (Lipinski definition) is 0. The van der Waals surface area contributed by atoms with E-state index in [1.54, 1.807) is 37.3 Å². The molecule has 1 aromatic heterocycles. The summed E-state index contributed by atoms with van der Waals surface area (Å²) >= 11 is 0. The van der Waals surface area contributed by atoms with Crippen molar-refractivity contribution in [3.63, 3.8) is 0 Å². The van der Waals surface area contributed by atoms with Gasteiger partial charge in [0.15, 0.2) is 12.7 Å². The van der Waals surface area contributed by atoms with E-state index in [1.165, 1.54) is 0 Å². The molecule has 5 nitrogen and oxygen atoms in total. The number of rotatable bonds is 1. The lowest BCUT2D eigenvalue weighted by Gasteiger charge is -1.88. The van der Waals surface area contributed by atoms with Crippen LogP contribution in [0.1, 0.15) is 11.4 Å². The van der Waals surface area contributed by atoms with Gasteiger partial charge < -0.3 is 0 Å². The first-order valence-electron chi connectivity index (χ1n) is 3.63. The molecule has 1 aromatic rings. The quantitative estimate of drug-likeness (QED) is 0.347. The molecule has 1 heterocycles. The molecule has 0 aliphatic carbocycles. The van der Waals surface area contributed by atoms with Crippen LogP contribution in [0.4, 0.5) is 5.69 Å². The zero-order chi connectivity index (χ0) is 9.46. The number of hydrogen-bond acceptors (Lipinski definition) is 2. The Morgan fingerprint density at radius 2 is 2.00 bits per heavy atom. The van der Waals surface area contributed by atoms with E-state index in [0.29, 0.717) is 11.4 Å². The highest BCUT2D eigenvalue weighted by molar-refractivity contribution is 5.36. The van der Waals surface area contributed by atoms with Crippen LogP contribution in [-0.2, 0) is 14.1 Å². The molecule has 0 fully saturated rings. The van der Waals surface area contributed by atoms with Crippen molar-refractivity contribution in [3.05, 3.63) is 21.5 Å². The molecule has 0 N–H and O–H groups in total. The standard InChI is InChI=1S/C7H12N3O2/c1-5-7(10(11)12)6(2)9(4)8(5)3/h1-4H3/q+1.